The normalized spacial score (nSPS) is 14.5. The van der Waals surface area contributed by atoms with Gasteiger partial charge < -0.3 is 69.9 Å². The number of guanidine groups is 1. The van der Waals surface area contributed by atoms with Gasteiger partial charge in [0.05, 0.1) is 31.7 Å². The summed E-state index contributed by atoms with van der Waals surface area (Å²) in [4.78, 5) is 100.0. The second-order valence-electron chi connectivity index (χ2n) is 9.87. The molecule has 0 saturated heterocycles. The summed E-state index contributed by atoms with van der Waals surface area (Å²) in [7, 11) is 0. The summed E-state index contributed by atoms with van der Waals surface area (Å²) in [6.45, 7) is -0.659. The largest absolute Gasteiger partial charge is 0.481 e. The van der Waals surface area contributed by atoms with E-state index in [1.807, 2.05) is 5.32 Å². The molecule has 6 amide bonds. The Kier molecular flexibility index (Phi) is 18.5. The first kappa shape index (κ1) is 40.9. The third-order valence-electron chi connectivity index (χ3n) is 5.93. The molecule has 0 aliphatic heterocycles. The lowest BCUT2D eigenvalue weighted by Crippen LogP contribution is -2.60. The van der Waals surface area contributed by atoms with Crippen LogP contribution in [-0.4, -0.2) is 130 Å². The van der Waals surface area contributed by atoms with Crippen LogP contribution in [0.2, 0.25) is 0 Å². The van der Waals surface area contributed by atoms with Crippen molar-refractivity contribution < 1.29 is 58.8 Å². The number of hydrogen-bond acceptors (Lipinski definition) is 12. The van der Waals surface area contributed by atoms with Crippen molar-refractivity contribution in [2.24, 2.45) is 27.9 Å². The first-order valence-electron chi connectivity index (χ1n) is 13.7. The molecule has 0 aliphatic carbocycles. The lowest BCUT2D eigenvalue weighted by molar-refractivity contribution is -0.144. The Balaban J connectivity index is 5.36. The molecule has 0 aromatic carbocycles. The van der Waals surface area contributed by atoms with Gasteiger partial charge in [0.2, 0.25) is 35.4 Å². The molecule has 0 radical (unpaired) electrons. The number of amides is 6. The highest BCUT2D eigenvalue weighted by atomic mass is 16.4. The zero-order chi connectivity index (χ0) is 35.6. The third-order valence-corrected chi connectivity index (χ3v) is 5.93. The van der Waals surface area contributed by atoms with E-state index in [2.05, 4.69) is 26.3 Å². The fourth-order valence-electron chi connectivity index (χ4n) is 3.50. The number of aliphatic hydroxyl groups is 2. The maximum absolute atomic E-state index is 12.9. The Morgan fingerprint density at radius 2 is 1.39 bits per heavy atom. The number of rotatable bonds is 22. The Morgan fingerprint density at radius 3 is 1.89 bits per heavy atom. The molecule has 0 heterocycles. The molecule has 0 aromatic heterocycles. The summed E-state index contributed by atoms with van der Waals surface area (Å²) in [5, 5.41) is 48.6. The molecule has 0 unspecified atom stereocenters. The third kappa shape index (κ3) is 16.7. The van der Waals surface area contributed by atoms with Crippen molar-refractivity contribution in [2.75, 3.05) is 19.7 Å². The van der Waals surface area contributed by atoms with Gasteiger partial charge in [-0.2, -0.15) is 0 Å². The number of primary amides is 1. The topological polar surface area (TPSA) is 394 Å². The van der Waals surface area contributed by atoms with Crippen molar-refractivity contribution in [3.8, 4) is 0 Å². The lowest BCUT2D eigenvalue weighted by Gasteiger charge is -2.25. The number of aliphatic carboxylic acids is 2. The van der Waals surface area contributed by atoms with Crippen LogP contribution in [0.5, 0.6) is 0 Å². The van der Waals surface area contributed by atoms with Gasteiger partial charge in [-0.1, -0.05) is 0 Å². The van der Waals surface area contributed by atoms with Crippen LogP contribution in [0.15, 0.2) is 4.99 Å². The van der Waals surface area contributed by atoms with Gasteiger partial charge in [0.15, 0.2) is 5.96 Å². The van der Waals surface area contributed by atoms with E-state index in [4.69, 9.17) is 22.9 Å². The highest BCUT2D eigenvalue weighted by Crippen LogP contribution is 2.03. The van der Waals surface area contributed by atoms with Crippen molar-refractivity contribution in [3.63, 3.8) is 0 Å². The van der Waals surface area contributed by atoms with Gasteiger partial charge in [-0.15, -0.1) is 0 Å². The van der Waals surface area contributed by atoms with E-state index in [-0.39, 0.29) is 38.2 Å². The van der Waals surface area contributed by atoms with Crippen molar-refractivity contribution in [1.82, 2.24) is 26.6 Å². The predicted octanol–water partition coefficient (Wildman–Crippen LogP) is -7.38. The lowest BCUT2D eigenvalue weighted by atomic mass is 10.1. The molecule has 22 heteroatoms. The minimum absolute atomic E-state index is 0.0530. The van der Waals surface area contributed by atoms with Crippen LogP contribution in [-0.2, 0) is 38.4 Å². The molecule has 0 aromatic rings. The zero-order valence-electron chi connectivity index (χ0n) is 24.9. The summed E-state index contributed by atoms with van der Waals surface area (Å²) in [5.41, 5.74) is 21.0. The fraction of sp³-hybridized carbons (Fsp3) is 0.625. The van der Waals surface area contributed by atoms with Gasteiger partial charge >= 0.3 is 11.9 Å². The number of carboxylic acids is 2. The molecule has 17 N–H and O–H groups in total. The van der Waals surface area contributed by atoms with Crippen LogP contribution in [0.25, 0.3) is 0 Å². The Bertz CT molecular complexity index is 1140. The Hall–Kier alpha value is -5.09. The minimum Gasteiger partial charge on any atom is -0.481 e. The quantitative estimate of drug-likeness (QED) is 0.0291. The van der Waals surface area contributed by atoms with Crippen LogP contribution < -0.4 is 49.5 Å². The molecule has 260 valence electrons. The maximum Gasteiger partial charge on any atom is 0.326 e. The first-order chi connectivity index (χ1) is 21.4. The van der Waals surface area contributed by atoms with Gasteiger partial charge in [-0.05, 0) is 26.2 Å². The van der Waals surface area contributed by atoms with Gasteiger partial charge in [0.25, 0.3) is 0 Å². The maximum atomic E-state index is 12.9. The fourth-order valence-corrected chi connectivity index (χ4v) is 3.50. The number of nitrogens with one attached hydrogen (secondary N) is 5. The van der Waals surface area contributed by atoms with Gasteiger partial charge in [-0.25, -0.2) is 4.79 Å². The zero-order valence-corrected chi connectivity index (χ0v) is 24.9. The van der Waals surface area contributed by atoms with Gasteiger partial charge in [0, 0.05) is 13.0 Å². The first-order valence-corrected chi connectivity index (χ1v) is 13.7. The van der Waals surface area contributed by atoms with Crippen LogP contribution in [0.4, 0.5) is 0 Å². The van der Waals surface area contributed by atoms with Crippen LogP contribution in [0, 0.1) is 0 Å². The summed E-state index contributed by atoms with van der Waals surface area (Å²) >= 11 is 0. The second-order valence-corrected chi connectivity index (χ2v) is 9.87. The SMILES string of the molecule is C[C@@H](O)[C@H](NC(=O)[C@H](CC(=O)O)NC(=O)CNC(=O)[C@H](CO)NC(=O)[C@@H](N)CCC(N)=O)C(=O)N[C@@H](CCCN=C(N)N)C(=O)O. The monoisotopic (exact) mass is 662 g/mol. The average molecular weight is 663 g/mol. The van der Waals surface area contributed by atoms with E-state index < -0.39 is 103 Å². The van der Waals surface area contributed by atoms with Crippen molar-refractivity contribution >= 4 is 53.3 Å². The van der Waals surface area contributed by atoms with Gasteiger partial charge in [0.1, 0.15) is 24.2 Å². The number of aliphatic imine (C=N–C) groups is 1. The van der Waals surface area contributed by atoms with E-state index in [1.165, 1.54) is 0 Å². The summed E-state index contributed by atoms with van der Waals surface area (Å²) in [5.74, 6) is -9.43. The summed E-state index contributed by atoms with van der Waals surface area (Å²) in [6, 6.07) is -7.93. The molecule has 0 bridgehead atoms. The molecule has 22 nitrogen and oxygen atoms in total. The van der Waals surface area contributed by atoms with Crippen molar-refractivity contribution in [1.29, 1.82) is 0 Å². The number of nitrogens with zero attached hydrogens (tertiary/aromatic N) is 1. The molecule has 0 aliphatic rings. The van der Waals surface area contributed by atoms with E-state index in [0.29, 0.717) is 0 Å². The second kappa shape index (κ2) is 20.8. The molecule has 6 atom stereocenters. The summed E-state index contributed by atoms with van der Waals surface area (Å²) < 4.78 is 0. The molecule has 0 spiro atoms. The van der Waals surface area contributed by atoms with Crippen molar-refractivity contribution in [3.05, 3.63) is 0 Å². The van der Waals surface area contributed by atoms with Crippen molar-refractivity contribution in [2.45, 2.75) is 75.3 Å². The molecular weight excluding hydrogens is 620 g/mol. The number of nitrogens with two attached hydrogens (primary N) is 4. The molecular formula is C24H42N10O12. The van der Waals surface area contributed by atoms with Crippen LogP contribution in [0.3, 0.4) is 0 Å². The van der Waals surface area contributed by atoms with E-state index >= 15 is 0 Å². The summed E-state index contributed by atoms with van der Waals surface area (Å²) in [6.07, 6.45) is -2.99. The van der Waals surface area contributed by atoms with Gasteiger partial charge in [-0.3, -0.25) is 38.6 Å². The highest BCUT2D eigenvalue weighted by molar-refractivity contribution is 5.96. The minimum atomic E-state index is -1.84. The molecule has 0 fully saturated rings. The van der Waals surface area contributed by atoms with E-state index in [1.54, 1.807) is 0 Å². The van der Waals surface area contributed by atoms with E-state index in [9.17, 15) is 58.8 Å². The Labute approximate surface area is 262 Å². The number of carbonyl (C=O) groups is 8. The number of aliphatic hydroxyl groups excluding tert-OH is 2. The molecule has 0 saturated carbocycles. The number of hydrogen-bond donors (Lipinski definition) is 13. The number of carbonyl (C=O) groups excluding carboxylic acids is 6. The Morgan fingerprint density at radius 1 is 0.783 bits per heavy atom. The smallest absolute Gasteiger partial charge is 0.326 e. The van der Waals surface area contributed by atoms with Crippen LogP contribution >= 0.6 is 0 Å². The number of carboxylic acid groups (broad SMARTS) is 2. The van der Waals surface area contributed by atoms with E-state index in [0.717, 1.165) is 6.92 Å². The average Bonchev–Trinajstić information content (AvgIpc) is 2.96. The molecule has 0 rings (SSSR count). The predicted molar refractivity (Wildman–Crippen MR) is 156 cm³/mol. The standard InChI is InChI=1S/C24H42N10O12/c1-10(36)18(22(44)32-12(23(45)46)3-2-6-29-24(27)28)34-21(43)13(7-17(39)40)31-16(38)8-30-20(42)14(9-35)33-19(41)11(25)4-5-15(26)37/h10-14,18,35-36H,2-9,25H2,1H3,(H2,26,37)(H,30,42)(H,31,38)(H,32,44)(H,33,41)(H,34,43)(H,39,40)(H,45,46)(H4,27,28,29)/t10-,11+,12+,13+,14+,18+/m1/s1. The highest BCUT2D eigenvalue weighted by Gasteiger charge is 2.33. The van der Waals surface area contributed by atoms with Crippen LogP contribution in [0.1, 0.15) is 39.0 Å². The molecule has 46 heavy (non-hydrogen) atoms.